The summed E-state index contributed by atoms with van der Waals surface area (Å²) in [6.45, 7) is 2.62. The molecule has 4 heterocycles. The van der Waals surface area contributed by atoms with E-state index in [-0.39, 0.29) is 16.5 Å². The van der Waals surface area contributed by atoms with E-state index < -0.39 is 16.1 Å². The number of nitrogens with zero attached hydrogens (tertiary/aromatic N) is 5. The number of fused-ring (bicyclic) bond motifs is 3. The van der Waals surface area contributed by atoms with E-state index in [9.17, 15) is 13.5 Å². The van der Waals surface area contributed by atoms with Crippen LogP contribution < -0.4 is 9.73 Å². The Hall–Kier alpha value is -3.46. The number of aliphatic hydroxyl groups is 1. The first kappa shape index (κ1) is 20.4. The third kappa shape index (κ3) is 3.38. The van der Waals surface area contributed by atoms with Crippen molar-refractivity contribution in [3.8, 4) is 6.07 Å². The third-order valence-corrected chi connectivity index (χ3v) is 7.14. The second-order valence-corrected chi connectivity index (χ2v) is 9.56. The molecule has 3 aromatic heterocycles. The quantitative estimate of drug-likeness (QED) is 0.418. The zero-order chi connectivity index (χ0) is 22.5. The van der Waals surface area contributed by atoms with Gasteiger partial charge in [-0.15, -0.1) is 0 Å². The molecule has 0 amide bonds. The van der Waals surface area contributed by atoms with Gasteiger partial charge in [-0.05, 0) is 37.6 Å². The summed E-state index contributed by atoms with van der Waals surface area (Å²) in [5.74, 6) is 0.473. The van der Waals surface area contributed by atoms with Crippen molar-refractivity contribution in [3.05, 3.63) is 54.1 Å². The average Bonchev–Trinajstić information content (AvgIpc) is 3.50. The highest BCUT2D eigenvalue weighted by molar-refractivity contribution is 7.89. The molecule has 4 aromatic rings. The SMILES string of the molecule is C[C@@H](O)c1nc2cnc3[nH]ccc3c2n1N1CCC(NS(=O)(=O)c2cccc(C#N)c2)C1. The number of aliphatic hydroxyl groups excluding tert-OH is 1. The predicted octanol–water partition coefficient (Wildman–Crippen LogP) is 1.53. The lowest BCUT2D eigenvalue weighted by atomic mass is 10.2. The molecule has 164 valence electrons. The highest BCUT2D eigenvalue weighted by atomic mass is 32.2. The van der Waals surface area contributed by atoms with Crippen molar-refractivity contribution >= 4 is 32.1 Å². The second-order valence-electron chi connectivity index (χ2n) is 7.85. The zero-order valence-electron chi connectivity index (χ0n) is 17.2. The smallest absolute Gasteiger partial charge is 0.240 e. The Morgan fingerprint density at radius 3 is 3.00 bits per heavy atom. The highest BCUT2D eigenvalue weighted by Gasteiger charge is 2.31. The van der Waals surface area contributed by atoms with Gasteiger partial charge in [0.25, 0.3) is 0 Å². The predicted molar refractivity (Wildman–Crippen MR) is 118 cm³/mol. The van der Waals surface area contributed by atoms with E-state index >= 15 is 0 Å². The molecule has 1 fully saturated rings. The monoisotopic (exact) mass is 451 g/mol. The lowest BCUT2D eigenvalue weighted by Gasteiger charge is -2.24. The number of nitriles is 1. The van der Waals surface area contributed by atoms with Crippen LogP contribution in [-0.4, -0.2) is 52.3 Å². The molecule has 1 saturated heterocycles. The number of sulfonamides is 1. The fraction of sp³-hybridized carbons (Fsp3) is 0.286. The van der Waals surface area contributed by atoms with Crippen molar-refractivity contribution in [2.75, 3.05) is 18.1 Å². The first-order valence-corrected chi connectivity index (χ1v) is 11.7. The minimum absolute atomic E-state index is 0.0628. The van der Waals surface area contributed by atoms with Crippen molar-refractivity contribution in [2.24, 2.45) is 0 Å². The minimum Gasteiger partial charge on any atom is -0.385 e. The van der Waals surface area contributed by atoms with Crippen LogP contribution in [-0.2, 0) is 10.0 Å². The van der Waals surface area contributed by atoms with Gasteiger partial charge in [0.2, 0.25) is 10.0 Å². The summed E-state index contributed by atoms with van der Waals surface area (Å²) >= 11 is 0. The van der Waals surface area contributed by atoms with Crippen LogP contribution in [0.1, 0.15) is 30.8 Å². The summed E-state index contributed by atoms with van der Waals surface area (Å²) < 4.78 is 30.4. The van der Waals surface area contributed by atoms with E-state index in [4.69, 9.17) is 5.26 Å². The Kier molecular flexibility index (Phi) is 4.85. The molecule has 1 aromatic carbocycles. The third-order valence-electron chi connectivity index (χ3n) is 5.62. The fourth-order valence-corrected chi connectivity index (χ4v) is 5.48. The second kappa shape index (κ2) is 7.59. The number of H-pyrrole nitrogens is 1. The lowest BCUT2D eigenvalue weighted by molar-refractivity contribution is 0.184. The molecule has 2 atom stereocenters. The summed E-state index contributed by atoms with van der Waals surface area (Å²) in [4.78, 5) is 12.1. The van der Waals surface area contributed by atoms with E-state index in [1.165, 1.54) is 12.1 Å². The Labute approximate surface area is 184 Å². The molecule has 32 heavy (non-hydrogen) atoms. The molecule has 1 aliphatic heterocycles. The standard InChI is InChI=1S/C21H21N7O3S/c1-13(29)21-25-18-11-24-20-17(5-7-23-20)19(18)28(21)27-8-6-15(12-27)26-32(30,31)16-4-2-3-14(9-16)10-22/h2-5,7,9,11,13,15,26,29H,6,8,12H2,1H3,(H,23,24)/t13-,15?/m1/s1. The van der Waals surface area contributed by atoms with Crippen molar-refractivity contribution < 1.29 is 13.5 Å². The molecule has 0 spiro atoms. The van der Waals surface area contributed by atoms with Gasteiger partial charge in [-0.1, -0.05) is 6.07 Å². The molecule has 0 bridgehead atoms. The highest BCUT2D eigenvalue weighted by Crippen LogP contribution is 2.28. The molecule has 1 unspecified atom stereocenters. The van der Waals surface area contributed by atoms with Crippen molar-refractivity contribution in [1.82, 2.24) is 24.4 Å². The molecule has 0 radical (unpaired) electrons. The Morgan fingerprint density at radius 1 is 1.38 bits per heavy atom. The Morgan fingerprint density at radius 2 is 2.22 bits per heavy atom. The largest absolute Gasteiger partial charge is 0.385 e. The van der Waals surface area contributed by atoms with Gasteiger partial charge in [-0.25, -0.2) is 27.8 Å². The molecular formula is C21H21N7O3S. The van der Waals surface area contributed by atoms with Gasteiger partial charge < -0.3 is 15.1 Å². The number of nitrogens with one attached hydrogen (secondary N) is 2. The number of aromatic amines is 1. The van der Waals surface area contributed by atoms with Crippen molar-refractivity contribution in [1.29, 1.82) is 5.26 Å². The van der Waals surface area contributed by atoms with Gasteiger partial charge >= 0.3 is 0 Å². The Balaban J connectivity index is 1.47. The maximum absolute atomic E-state index is 12.9. The van der Waals surface area contributed by atoms with Crippen LogP contribution in [0.5, 0.6) is 0 Å². The van der Waals surface area contributed by atoms with Gasteiger partial charge in [0.1, 0.15) is 22.8 Å². The molecule has 5 rings (SSSR count). The zero-order valence-corrected chi connectivity index (χ0v) is 18.0. The topological polar surface area (TPSA) is 140 Å². The lowest BCUT2D eigenvalue weighted by Crippen LogP contribution is -2.40. The van der Waals surface area contributed by atoms with E-state index in [0.717, 1.165) is 10.9 Å². The van der Waals surface area contributed by atoms with E-state index in [2.05, 4.69) is 19.7 Å². The summed E-state index contributed by atoms with van der Waals surface area (Å²) in [7, 11) is -3.78. The number of aromatic nitrogens is 4. The van der Waals surface area contributed by atoms with Crippen LogP contribution in [0.15, 0.2) is 47.6 Å². The normalized spacial score (nSPS) is 17.8. The van der Waals surface area contributed by atoms with Crippen LogP contribution in [0.4, 0.5) is 0 Å². The van der Waals surface area contributed by atoms with Crippen molar-refractivity contribution in [3.63, 3.8) is 0 Å². The Bertz CT molecular complexity index is 1470. The molecular weight excluding hydrogens is 430 g/mol. The number of imidazole rings is 1. The number of pyridine rings is 1. The molecule has 3 N–H and O–H groups in total. The van der Waals surface area contributed by atoms with Gasteiger partial charge in [-0.3, -0.25) is 0 Å². The maximum atomic E-state index is 12.9. The van der Waals surface area contributed by atoms with Gasteiger partial charge in [0.05, 0.1) is 29.3 Å². The van der Waals surface area contributed by atoms with E-state index in [0.29, 0.717) is 36.5 Å². The van der Waals surface area contributed by atoms with E-state index in [1.54, 1.807) is 31.5 Å². The number of rotatable bonds is 5. The first-order chi connectivity index (χ1) is 15.4. The van der Waals surface area contributed by atoms with Gasteiger partial charge in [-0.2, -0.15) is 5.26 Å². The molecule has 11 heteroatoms. The number of hydrogen-bond acceptors (Lipinski definition) is 7. The first-order valence-electron chi connectivity index (χ1n) is 10.2. The average molecular weight is 452 g/mol. The van der Waals surface area contributed by atoms with Crippen molar-refractivity contribution in [2.45, 2.75) is 30.4 Å². The summed E-state index contributed by atoms with van der Waals surface area (Å²) in [6, 6.07) is 9.48. The van der Waals surface area contributed by atoms with Gasteiger partial charge in [0, 0.05) is 24.2 Å². The molecule has 10 nitrogen and oxygen atoms in total. The van der Waals surface area contributed by atoms with Crippen LogP contribution in [0, 0.1) is 11.3 Å². The van der Waals surface area contributed by atoms with Crippen LogP contribution in [0.3, 0.4) is 0 Å². The summed E-state index contributed by atoms with van der Waals surface area (Å²) in [5, 5.41) is 22.3. The molecule has 1 aliphatic rings. The summed E-state index contributed by atoms with van der Waals surface area (Å²) in [6.07, 6.45) is 3.22. The van der Waals surface area contributed by atoms with Gasteiger partial charge in [0.15, 0.2) is 5.82 Å². The molecule has 0 aliphatic carbocycles. The number of hydrogen-bond donors (Lipinski definition) is 3. The maximum Gasteiger partial charge on any atom is 0.240 e. The summed E-state index contributed by atoms with van der Waals surface area (Å²) in [5.41, 5.74) is 2.48. The minimum atomic E-state index is -3.78. The fourth-order valence-electron chi connectivity index (χ4n) is 4.17. The number of benzene rings is 1. The van der Waals surface area contributed by atoms with Crippen LogP contribution >= 0.6 is 0 Å². The van der Waals surface area contributed by atoms with E-state index in [1.807, 2.05) is 21.8 Å². The molecule has 0 saturated carbocycles. The van der Waals surface area contributed by atoms with Crippen LogP contribution in [0.25, 0.3) is 22.1 Å². The van der Waals surface area contributed by atoms with Crippen LogP contribution in [0.2, 0.25) is 0 Å².